The van der Waals surface area contributed by atoms with E-state index in [1.165, 1.54) is 0 Å². The second-order valence-corrected chi connectivity index (χ2v) is 4.21. The van der Waals surface area contributed by atoms with E-state index in [1.807, 2.05) is 0 Å². The van der Waals surface area contributed by atoms with Gasteiger partial charge in [-0.25, -0.2) is 4.79 Å². The lowest BCUT2D eigenvalue weighted by molar-refractivity contribution is 0.130. The molecule has 0 heterocycles. The lowest BCUT2D eigenvalue weighted by Crippen LogP contribution is -2.18. The van der Waals surface area contributed by atoms with Crippen LogP contribution in [0.5, 0.6) is 0 Å². The Morgan fingerprint density at radius 1 is 1.56 bits per heavy atom. The molecule has 0 unspecified atom stereocenters. The zero-order valence-electron chi connectivity index (χ0n) is 10.3. The van der Waals surface area contributed by atoms with Crippen LogP contribution in [0.1, 0.15) is 19.4 Å². The van der Waals surface area contributed by atoms with Crippen molar-refractivity contribution >= 4 is 23.4 Å². The van der Waals surface area contributed by atoms with Crippen LogP contribution in [-0.4, -0.2) is 18.7 Å². The Labute approximate surface area is 111 Å². The molecule has 18 heavy (non-hydrogen) atoms. The van der Waals surface area contributed by atoms with Crippen molar-refractivity contribution in [1.29, 1.82) is 0 Å². The average molecular weight is 267 g/mol. The number of carbonyl (C=O) groups excluding carboxylic acids is 1. The maximum atomic E-state index is 11.5. The van der Waals surface area contributed by atoms with E-state index in [9.17, 15) is 4.79 Å². The summed E-state index contributed by atoms with van der Waals surface area (Å²) >= 11 is 5.88. The van der Waals surface area contributed by atoms with E-state index < -0.39 is 6.09 Å². The molecule has 1 aromatic rings. The van der Waals surface area contributed by atoms with Crippen molar-refractivity contribution in [3.63, 3.8) is 0 Å². The first-order chi connectivity index (χ1) is 8.52. The van der Waals surface area contributed by atoms with Crippen LogP contribution in [0.25, 0.3) is 0 Å². The highest BCUT2D eigenvalue weighted by Gasteiger charge is 2.08. The number of nitrogens with two attached hydrogens (primary N) is 1. The number of carbonyl (C=O) groups is 1. The monoisotopic (exact) mass is 266 g/mol. The summed E-state index contributed by atoms with van der Waals surface area (Å²) in [4.78, 5) is 11.5. The minimum Gasteiger partial charge on any atom is -0.447 e. The van der Waals surface area contributed by atoms with Crippen LogP contribution in [0.3, 0.4) is 0 Å². The van der Waals surface area contributed by atoms with E-state index in [0.29, 0.717) is 16.3 Å². The first-order valence-corrected chi connectivity index (χ1v) is 5.87. The lowest BCUT2D eigenvalue weighted by Gasteiger charge is -2.11. The molecule has 3 N–H and O–H groups in total. The van der Waals surface area contributed by atoms with Gasteiger partial charge in [0.05, 0.1) is 18.3 Å². The Kier molecular flexibility index (Phi) is 5.50. The fraction of sp³-hybridized carbons (Fsp3) is 0.308. The molecule has 5 heteroatoms. The van der Waals surface area contributed by atoms with Gasteiger partial charge in [-0.1, -0.05) is 23.4 Å². The highest BCUT2D eigenvalue weighted by molar-refractivity contribution is 6.31. The summed E-state index contributed by atoms with van der Waals surface area (Å²) in [7, 11) is 0. The standard InChI is InChI=1S/C13H15ClN2O2/c1-9(2)18-13(17)16-12-8-11(14)6-5-10(12)4-3-7-15/h5-6,8-9H,7,15H2,1-2H3,(H,16,17). The zero-order chi connectivity index (χ0) is 13.5. The van der Waals surface area contributed by atoms with Crippen molar-refractivity contribution in [2.75, 3.05) is 11.9 Å². The molecule has 0 aliphatic heterocycles. The molecule has 0 aliphatic rings. The van der Waals surface area contributed by atoms with Gasteiger partial charge in [0, 0.05) is 10.6 Å². The fourth-order valence-electron chi connectivity index (χ4n) is 1.23. The quantitative estimate of drug-likeness (QED) is 0.809. The smallest absolute Gasteiger partial charge is 0.411 e. The molecular formula is C13H15ClN2O2. The largest absolute Gasteiger partial charge is 0.447 e. The zero-order valence-corrected chi connectivity index (χ0v) is 11.0. The number of nitrogens with one attached hydrogen (secondary N) is 1. The summed E-state index contributed by atoms with van der Waals surface area (Å²) in [6.07, 6.45) is -0.731. The minimum absolute atomic E-state index is 0.192. The van der Waals surface area contributed by atoms with Gasteiger partial charge in [-0.15, -0.1) is 0 Å². The molecule has 1 rings (SSSR count). The third-order valence-corrected chi connectivity index (χ3v) is 2.12. The number of rotatable bonds is 2. The normalized spacial score (nSPS) is 9.61. The molecule has 0 aromatic heterocycles. The molecule has 96 valence electrons. The van der Waals surface area contributed by atoms with Crippen molar-refractivity contribution in [2.45, 2.75) is 20.0 Å². The summed E-state index contributed by atoms with van der Waals surface area (Å²) in [5.41, 5.74) is 6.46. The van der Waals surface area contributed by atoms with Crippen LogP contribution in [0.2, 0.25) is 5.02 Å². The number of ether oxygens (including phenoxy) is 1. The third-order valence-electron chi connectivity index (χ3n) is 1.89. The highest BCUT2D eigenvalue weighted by atomic mass is 35.5. The van der Waals surface area contributed by atoms with Crippen molar-refractivity contribution < 1.29 is 9.53 Å². The van der Waals surface area contributed by atoms with E-state index >= 15 is 0 Å². The number of benzene rings is 1. The molecule has 1 aromatic carbocycles. The number of hydrogen-bond acceptors (Lipinski definition) is 3. The van der Waals surface area contributed by atoms with Crippen molar-refractivity contribution in [2.24, 2.45) is 5.73 Å². The van der Waals surface area contributed by atoms with Gasteiger partial charge in [-0.3, -0.25) is 5.32 Å². The average Bonchev–Trinajstić information content (AvgIpc) is 2.26. The molecule has 1 amide bonds. The topological polar surface area (TPSA) is 64.3 Å². The molecule has 0 radical (unpaired) electrons. The van der Waals surface area contributed by atoms with E-state index in [0.717, 1.165) is 0 Å². The summed E-state index contributed by atoms with van der Waals surface area (Å²) in [5, 5.41) is 3.11. The van der Waals surface area contributed by atoms with E-state index in [2.05, 4.69) is 17.2 Å². The predicted octanol–water partition coefficient (Wildman–Crippen LogP) is 2.61. The van der Waals surface area contributed by atoms with Crippen molar-refractivity contribution in [3.8, 4) is 11.8 Å². The van der Waals surface area contributed by atoms with Gasteiger partial charge in [-0.2, -0.15) is 0 Å². The molecule has 0 atom stereocenters. The van der Waals surface area contributed by atoms with Crippen LogP contribution in [0, 0.1) is 11.8 Å². The van der Waals surface area contributed by atoms with Crippen molar-refractivity contribution in [3.05, 3.63) is 28.8 Å². The van der Waals surface area contributed by atoms with Crippen LogP contribution in [0.4, 0.5) is 10.5 Å². The molecule has 0 saturated heterocycles. The molecule has 0 spiro atoms. The molecule has 0 saturated carbocycles. The van der Waals surface area contributed by atoms with Crippen LogP contribution in [0.15, 0.2) is 18.2 Å². The minimum atomic E-state index is -0.539. The number of hydrogen-bond donors (Lipinski definition) is 2. The fourth-order valence-corrected chi connectivity index (χ4v) is 1.40. The van der Waals surface area contributed by atoms with Crippen LogP contribution in [-0.2, 0) is 4.74 Å². The lowest BCUT2D eigenvalue weighted by atomic mass is 10.2. The molecule has 0 fully saturated rings. The molecule has 0 bridgehead atoms. The Morgan fingerprint density at radius 2 is 2.28 bits per heavy atom. The first kappa shape index (κ1) is 14.4. The summed E-state index contributed by atoms with van der Waals surface area (Å²) in [6, 6.07) is 5.03. The SMILES string of the molecule is CC(C)OC(=O)Nc1cc(Cl)ccc1C#CCN. The van der Waals surface area contributed by atoms with Gasteiger partial charge >= 0.3 is 6.09 Å². The number of halogens is 1. The molecule has 0 aliphatic carbocycles. The Morgan fingerprint density at radius 3 is 2.89 bits per heavy atom. The number of amides is 1. The summed E-state index contributed by atoms with van der Waals surface area (Å²) in [5.74, 6) is 5.58. The van der Waals surface area contributed by atoms with Crippen molar-refractivity contribution in [1.82, 2.24) is 0 Å². The van der Waals surface area contributed by atoms with E-state index in [4.69, 9.17) is 22.1 Å². The molecule has 4 nitrogen and oxygen atoms in total. The van der Waals surface area contributed by atoms with Crippen LogP contribution >= 0.6 is 11.6 Å². The van der Waals surface area contributed by atoms with Gasteiger partial charge in [0.2, 0.25) is 0 Å². The number of anilines is 1. The third kappa shape index (κ3) is 4.66. The van der Waals surface area contributed by atoms with Gasteiger partial charge in [0.1, 0.15) is 0 Å². The van der Waals surface area contributed by atoms with Gasteiger partial charge < -0.3 is 10.5 Å². The summed E-state index contributed by atoms with van der Waals surface area (Å²) in [6.45, 7) is 3.79. The maximum Gasteiger partial charge on any atom is 0.411 e. The second-order valence-electron chi connectivity index (χ2n) is 3.77. The maximum absolute atomic E-state index is 11.5. The Balaban J connectivity index is 2.92. The van der Waals surface area contributed by atoms with Gasteiger partial charge in [-0.05, 0) is 32.0 Å². The first-order valence-electron chi connectivity index (χ1n) is 5.49. The van der Waals surface area contributed by atoms with Crippen LogP contribution < -0.4 is 11.1 Å². The highest BCUT2D eigenvalue weighted by Crippen LogP contribution is 2.20. The van der Waals surface area contributed by atoms with E-state index in [1.54, 1.807) is 32.0 Å². The Hall–Kier alpha value is -1.70. The predicted molar refractivity (Wildman–Crippen MR) is 72.6 cm³/mol. The second kappa shape index (κ2) is 6.90. The summed E-state index contributed by atoms with van der Waals surface area (Å²) < 4.78 is 4.99. The molecular weight excluding hydrogens is 252 g/mol. The Bertz CT molecular complexity index is 489. The van der Waals surface area contributed by atoms with Gasteiger partial charge in [0.15, 0.2) is 0 Å². The van der Waals surface area contributed by atoms with Gasteiger partial charge in [0.25, 0.3) is 0 Å². The van der Waals surface area contributed by atoms with E-state index in [-0.39, 0.29) is 12.6 Å².